The van der Waals surface area contributed by atoms with Crippen LogP contribution in [-0.4, -0.2) is 27.4 Å². The predicted molar refractivity (Wildman–Crippen MR) is 135 cm³/mol. The number of ether oxygens (including phenoxy) is 2. The monoisotopic (exact) mass is 488 g/mol. The zero-order valence-corrected chi connectivity index (χ0v) is 20.3. The number of hydrogen-bond donors (Lipinski definition) is 0. The van der Waals surface area contributed by atoms with E-state index in [0.717, 1.165) is 17.3 Å². The molecule has 0 saturated carbocycles. The molecule has 0 fully saturated rings. The van der Waals surface area contributed by atoms with Gasteiger partial charge in [-0.3, -0.25) is 0 Å². The number of methoxy groups -OCH3 is 2. The number of allylic oxidation sites excluding steroid dienone is 1. The second kappa shape index (κ2) is 9.35. The van der Waals surface area contributed by atoms with Crippen molar-refractivity contribution in [3.05, 3.63) is 105 Å². The van der Waals surface area contributed by atoms with E-state index in [1.807, 2.05) is 0 Å². The maximum absolute atomic E-state index is 5.76. The largest absolute Gasteiger partial charge is 0.384 e. The van der Waals surface area contributed by atoms with E-state index in [0.29, 0.717) is 13.2 Å². The van der Waals surface area contributed by atoms with Gasteiger partial charge in [-0.2, -0.15) is 0 Å². The van der Waals surface area contributed by atoms with Crippen LogP contribution in [0.2, 0.25) is 0 Å². The lowest BCUT2D eigenvalue weighted by molar-refractivity contribution is 0.127. The van der Waals surface area contributed by atoms with Crippen LogP contribution in [0.1, 0.15) is 58.1 Å². The number of benzene rings is 3. The molecule has 5 rings (SSSR count). The number of halogens is 1. The Morgan fingerprint density at radius 1 is 0.750 bits per heavy atom. The Kier molecular flexibility index (Phi) is 6.32. The summed E-state index contributed by atoms with van der Waals surface area (Å²) in [6.07, 6.45) is 3.41. The summed E-state index contributed by atoms with van der Waals surface area (Å²) in [7, 11) is 3.61. The number of fused-ring (bicyclic) bond motifs is 3. The highest BCUT2D eigenvalue weighted by Gasteiger charge is 2.35. The molecule has 164 valence electrons. The minimum Gasteiger partial charge on any atom is -0.384 e. The van der Waals surface area contributed by atoms with Crippen molar-refractivity contribution in [1.82, 2.24) is 0 Å². The molecule has 0 unspecified atom stereocenters. The third-order valence-corrected chi connectivity index (χ3v) is 7.50. The lowest BCUT2D eigenvalue weighted by Crippen LogP contribution is -2.20. The van der Waals surface area contributed by atoms with Crippen LogP contribution in [0, 0.1) is 0 Å². The first-order chi connectivity index (χ1) is 15.7. The normalized spacial score (nSPS) is 19.7. The molecule has 3 heteroatoms. The van der Waals surface area contributed by atoms with Crippen molar-refractivity contribution in [2.75, 3.05) is 27.4 Å². The molecule has 0 aromatic heterocycles. The quantitative estimate of drug-likeness (QED) is 0.385. The van der Waals surface area contributed by atoms with Crippen molar-refractivity contribution < 1.29 is 9.47 Å². The average molecular weight is 489 g/mol. The Morgan fingerprint density at radius 2 is 1.34 bits per heavy atom. The molecule has 3 aromatic rings. The van der Waals surface area contributed by atoms with E-state index in [4.69, 9.17) is 9.47 Å². The van der Waals surface area contributed by atoms with E-state index in [-0.39, 0.29) is 11.8 Å². The molecular weight excluding hydrogens is 460 g/mol. The molecule has 0 amide bonds. The van der Waals surface area contributed by atoms with E-state index in [1.54, 1.807) is 14.2 Å². The van der Waals surface area contributed by atoms with Crippen molar-refractivity contribution in [3.8, 4) is 0 Å². The van der Waals surface area contributed by atoms with Gasteiger partial charge in [-0.05, 0) is 75.9 Å². The molecule has 2 aliphatic carbocycles. The third kappa shape index (κ3) is 3.77. The molecule has 0 aliphatic heterocycles. The lowest BCUT2D eigenvalue weighted by Gasteiger charge is -2.26. The van der Waals surface area contributed by atoms with Gasteiger partial charge in [0.2, 0.25) is 0 Å². The van der Waals surface area contributed by atoms with Gasteiger partial charge in [0.15, 0.2) is 0 Å². The molecule has 0 spiro atoms. The van der Waals surface area contributed by atoms with Gasteiger partial charge in [0, 0.05) is 30.5 Å². The minimum absolute atomic E-state index is 0.237. The molecule has 0 N–H and O–H groups in total. The Hall–Kier alpha value is -2.20. The summed E-state index contributed by atoms with van der Waals surface area (Å²) in [6.45, 7) is 1.34. The highest BCUT2D eigenvalue weighted by Crippen LogP contribution is 2.49. The van der Waals surface area contributed by atoms with Crippen LogP contribution in [0.5, 0.6) is 0 Å². The molecule has 0 saturated heterocycles. The summed E-state index contributed by atoms with van der Waals surface area (Å²) in [5.41, 5.74) is 11.1. The third-order valence-electron chi connectivity index (χ3n) is 7.01. The maximum atomic E-state index is 5.76. The fraction of sp³-hybridized carbons (Fsp3) is 0.310. The van der Waals surface area contributed by atoms with E-state index in [2.05, 4.69) is 82.7 Å². The van der Waals surface area contributed by atoms with Crippen LogP contribution in [-0.2, 0) is 15.9 Å². The highest BCUT2D eigenvalue weighted by molar-refractivity contribution is 9.10. The molecule has 2 nitrogen and oxygen atoms in total. The maximum Gasteiger partial charge on any atom is 0.0537 e. The summed E-state index contributed by atoms with van der Waals surface area (Å²) >= 11 is 3.73. The van der Waals surface area contributed by atoms with Gasteiger partial charge in [0.1, 0.15) is 0 Å². The molecule has 3 aromatic carbocycles. The fourth-order valence-electron chi connectivity index (χ4n) is 5.67. The zero-order valence-electron chi connectivity index (χ0n) is 18.7. The molecule has 0 bridgehead atoms. The van der Waals surface area contributed by atoms with Gasteiger partial charge in [-0.1, -0.05) is 70.5 Å². The van der Waals surface area contributed by atoms with Crippen LogP contribution in [0.4, 0.5) is 0 Å². The van der Waals surface area contributed by atoms with Gasteiger partial charge >= 0.3 is 0 Å². The SMILES string of the molecule is COC[C@H]1c2ccccc2C(=C2CCCc3ccc(Br)cc32)c2ccccc2[C@@H]1COC. The summed E-state index contributed by atoms with van der Waals surface area (Å²) in [5, 5.41) is 0. The van der Waals surface area contributed by atoms with E-state index in [9.17, 15) is 0 Å². The van der Waals surface area contributed by atoms with Crippen molar-refractivity contribution in [2.24, 2.45) is 0 Å². The van der Waals surface area contributed by atoms with Gasteiger partial charge in [-0.15, -0.1) is 0 Å². The molecule has 2 aliphatic rings. The van der Waals surface area contributed by atoms with Crippen LogP contribution in [0.15, 0.2) is 71.2 Å². The summed E-state index contributed by atoms with van der Waals surface area (Å²) < 4.78 is 12.7. The first kappa shape index (κ1) is 21.6. The first-order valence-corrected chi connectivity index (χ1v) is 12.2. The van der Waals surface area contributed by atoms with Gasteiger partial charge in [0.05, 0.1) is 13.2 Å². The van der Waals surface area contributed by atoms with Crippen molar-refractivity contribution in [1.29, 1.82) is 0 Å². The van der Waals surface area contributed by atoms with Crippen LogP contribution in [0.25, 0.3) is 11.1 Å². The van der Waals surface area contributed by atoms with Crippen molar-refractivity contribution >= 4 is 27.1 Å². The van der Waals surface area contributed by atoms with E-state index >= 15 is 0 Å². The molecule has 0 heterocycles. The number of rotatable bonds is 4. The first-order valence-electron chi connectivity index (χ1n) is 11.4. The number of aryl methyl sites for hydroxylation is 1. The summed E-state index contributed by atoms with van der Waals surface area (Å²) in [4.78, 5) is 0. The second-order valence-corrected chi connectivity index (χ2v) is 9.72. The highest BCUT2D eigenvalue weighted by atomic mass is 79.9. The molecule has 0 radical (unpaired) electrons. The van der Waals surface area contributed by atoms with E-state index < -0.39 is 0 Å². The standard InChI is InChI=1S/C29H29BrO2/c1-31-17-27-21-9-3-5-11-23(21)29(24-12-6-4-10-22(24)28(27)18-32-2)25-13-7-8-19-14-15-20(30)16-26(19)25/h3-6,9-12,14-16,27-28H,7-8,13,17-18H2,1-2H3/t27-,28-/m0/s1. The molecule has 32 heavy (non-hydrogen) atoms. The summed E-state index contributed by atoms with van der Waals surface area (Å²) in [5.74, 6) is 0.474. The van der Waals surface area contributed by atoms with Crippen molar-refractivity contribution in [3.63, 3.8) is 0 Å². The summed E-state index contributed by atoms with van der Waals surface area (Å²) in [6, 6.07) is 24.6. The van der Waals surface area contributed by atoms with Crippen LogP contribution < -0.4 is 0 Å². The topological polar surface area (TPSA) is 18.5 Å². The van der Waals surface area contributed by atoms with Crippen LogP contribution >= 0.6 is 15.9 Å². The van der Waals surface area contributed by atoms with Gasteiger partial charge < -0.3 is 9.47 Å². The predicted octanol–water partition coefficient (Wildman–Crippen LogP) is 7.22. The van der Waals surface area contributed by atoms with E-state index in [1.165, 1.54) is 50.9 Å². The Balaban J connectivity index is 1.87. The lowest BCUT2D eigenvalue weighted by atomic mass is 9.80. The molecular formula is C29H29BrO2. The Morgan fingerprint density at radius 3 is 1.94 bits per heavy atom. The minimum atomic E-state index is 0.237. The Bertz CT molecular complexity index is 1110. The second-order valence-electron chi connectivity index (χ2n) is 8.81. The van der Waals surface area contributed by atoms with Gasteiger partial charge in [0.25, 0.3) is 0 Å². The average Bonchev–Trinajstić information content (AvgIpc) is 2.93. The zero-order chi connectivity index (χ0) is 22.1. The van der Waals surface area contributed by atoms with Crippen molar-refractivity contribution in [2.45, 2.75) is 31.1 Å². The smallest absolute Gasteiger partial charge is 0.0537 e. The molecule has 2 atom stereocenters. The van der Waals surface area contributed by atoms with Gasteiger partial charge in [-0.25, -0.2) is 0 Å². The fourth-order valence-corrected chi connectivity index (χ4v) is 6.03. The number of hydrogen-bond acceptors (Lipinski definition) is 2. The van der Waals surface area contributed by atoms with Crippen LogP contribution in [0.3, 0.4) is 0 Å². The Labute approximate surface area is 199 Å².